The van der Waals surface area contributed by atoms with E-state index in [0.717, 1.165) is 6.42 Å². The molecule has 0 aliphatic heterocycles. The molecule has 1 aromatic rings. The van der Waals surface area contributed by atoms with Crippen LogP contribution < -0.4 is 10.1 Å². The second kappa shape index (κ2) is 5.83. The quantitative estimate of drug-likeness (QED) is 0.862. The van der Waals surface area contributed by atoms with E-state index in [4.69, 9.17) is 4.74 Å². The van der Waals surface area contributed by atoms with Crippen LogP contribution in [0.4, 0.5) is 0 Å². The molecule has 0 bridgehead atoms. The molecule has 2 rings (SSSR count). The summed E-state index contributed by atoms with van der Waals surface area (Å²) >= 11 is 3.32. The maximum atomic E-state index is 12.0. The number of carbonyl (C=O) groups is 2. The molecule has 1 aliphatic rings. The van der Waals surface area contributed by atoms with Gasteiger partial charge >= 0.3 is 5.97 Å². The third kappa shape index (κ3) is 2.80. The highest BCUT2D eigenvalue weighted by molar-refractivity contribution is 9.10. The van der Waals surface area contributed by atoms with Crippen molar-refractivity contribution in [1.29, 1.82) is 0 Å². The highest BCUT2D eigenvalue weighted by Crippen LogP contribution is 2.40. The lowest BCUT2D eigenvalue weighted by Gasteiger charge is -2.37. The summed E-state index contributed by atoms with van der Waals surface area (Å²) in [7, 11) is 1.55. The fraction of sp³-hybridized carbons (Fsp3) is 0.429. The molecular formula is C14H16BrNO4. The average molecular weight is 342 g/mol. The molecule has 0 aromatic heterocycles. The minimum Gasteiger partial charge on any atom is -0.496 e. The lowest BCUT2D eigenvalue weighted by atomic mass is 9.69. The van der Waals surface area contributed by atoms with Gasteiger partial charge in [-0.05, 0) is 47.0 Å². The molecule has 20 heavy (non-hydrogen) atoms. The third-order valence-electron chi connectivity index (χ3n) is 3.77. The summed E-state index contributed by atoms with van der Waals surface area (Å²) in [6.07, 6.45) is 2.14. The van der Waals surface area contributed by atoms with Gasteiger partial charge in [0.25, 0.3) is 5.91 Å². The van der Waals surface area contributed by atoms with Gasteiger partial charge in [0, 0.05) is 12.1 Å². The van der Waals surface area contributed by atoms with E-state index < -0.39 is 11.4 Å². The topological polar surface area (TPSA) is 75.6 Å². The van der Waals surface area contributed by atoms with Gasteiger partial charge in [0.05, 0.1) is 17.0 Å². The molecule has 2 N–H and O–H groups in total. The van der Waals surface area contributed by atoms with Crippen LogP contribution in [0.5, 0.6) is 5.75 Å². The lowest BCUT2D eigenvalue weighted by molar-refractivity contribution is -0.153. The number of carbonyl (C=O) groups excluding carboxylic acids is 1. The van der Waals surface area contributed by atoms with Crippen LogP contribution in [0.15, 0.2) is 22.7 Å². The second-order valence-corrected chi connectivity index (χ2v) is 5.83. The highest BCUT2D eigenvalue weighted by Gasteiger charge is 2.44. The van der Waals surface area contributed by atoms with Gasteiger partial charge in [-0.15, -0.1) is 0 Å². The van der Waals surface area contributed by atoms with Crippen LogP contribution in [0.25, 0.3) is 0 Å². The number of nitrogens with one attached hydrogen (secondary N) is 1. The van der Waals surface area contributed by atoms with Gasteiger partial charge in [-0.25, -0.2) is 0 Å². The predicted octanol–water partition coefficient (Wildman–Crippen LogP) is 2.44. The minimum absolute atomic E-state index is 0.171. The number of ether oxygens (including phenoxy) is 1. The third-order valence-corrected chi connectivity index (χ3v) is 4.39. The zero-order valence-corrected chi connectivity index (χ0v) is 12.7. The molecule has 1 fully saturated rings. The largest absolute Gasteiger partial charge is 0.496 e. The van der Waals surface area contributed by atoms with Crippen molar-refractivity contribution in [3.05, 3.63) is 28.2 Å². The Bertz CT molecular complexity index is 540. The fourth-order valence-corrected chi connectivity index (χ4v) is 2.77. The van der Waals surface area contributed by atoms with Crippen molar-refractivity contribution >= 4 is 27.8 Å². The van der Waals surface area contributed by atoms with Gasteiger partial charge in [0.15, 0.2) is 0 Å². The van der Waals surface area contributed by atoms with Gasteiger partial charge in [-0.1, -0.05) is 6.42 Å². The zero-order valence-electron chi connectivity index (χ0n) is 11.1. The summed E-state index contributed by atoms with van der Waals surface area (Å²) in [4.78, 5) is 23.3. The summed E-state index contributed by atoms with van der Waals surface area (Å²) in [6.45, 7) is 0.171. The Morgan fingerprint density at radius 1 is 1.45 bits per heavy atom. The van der Waals surface area contributed by atoms with Crippen molar-refractivity contribution in [2.45, 2.75) is 19.3 Å². The molecule has 1 aliphatic carbocycles. The summed E-state index contributed by atoms with van der Waals surface area (Å²) in [5.41, 5.74) is -0.308. The molecule has 0 spiro atoms. The Hall–Kier alpha value is -1.56. The van der Waals surface area contributed by atoms with Crippen LogP contribution >= 0.6 is 15.9 Å². The number of rotatable bonds is 5. The van der Waals surface area contributed by atoms with Crippen molar-refractivity contribution in [2.24, 2.45) is 5.41 Å². The molecule has 1 saturated carbocycles. The molecule has 0 unspecified atom stereocenters. The van der Waals surface area contributed by atoms with Crippen molar-refractivity contribution in [3.63, 3.8) is 0 Å². The number of halogens is 1. The van der Waals surface area contributed by atoms with E-state index in [1.54, 1.807) is 25.3 Å². The normalized spacial score (nSPS) is 16.1. The fourth-order valence-electron chi connectivity index (χ4n) is 2.23. The number of aliphatic carboxylic acids is 1. The maximum Gasteiger partial charge on any atom is 0.311 e. The molecule has 0 radical (unpaired) electrons. The molecule has 1 amide bonds. The van der Waals surface area contributed by atoms with Crippen LogP contribution in [-0.2, 0) is 4.79 Å². The summed E-state index contributed by atoms with van der Waals surface area (Å²) < 4.78 is 5.78. The van der Waals surface area contributed by atoms with E-state index >= 15 is 0 Å². The first-order valence-corrected chi connectivity index (χ1v) is 7.13. The van der Waals surface area contributed by atoms with Crippen LogP contribution in [0, 0.1) is 5.41 Å². The number of carboxylic acids is 1. The Balaban J connectivity index is 2.02. The molecule has 0 heterocycles. The first-order valence-electron chi connectivity index (χ1n) is 6.34. The Labute approximate surface area is 125 Å². The monoisotopic (exact) mass is 341 g/mol. The number of amides is 1. The van der Waals surface area contributed by atoms with Gasteiger partial charge in [-0.3, -0.25) is 9.59 Å². The molecule has 1 aromatic carbocycles. The first-order chi connectivity index (χ1) is 9.48. The lowest BCUT2D eigenvalue weighted by Crippen LogP contribution is -2.47. The molecule has 6 heteroatoms. The zero-order chi connectivity index (χ0) is 14.8. The van der Waals surface area contributed by atoms with Crippen molar-refractivity contribution in [3.8, 4) is 5.75 Å². The SMILES string of the molecule is COc1ccc(C(=O)NCC2(C(=O)O)CCC2)cc1Br. The van der Waals surface area contributed by atoms with Crippen molar-refractivity contribution < 1.29 is 19.4 Å². The number of hydrogen-bond acceptors (Lipinski definition) is 3. The first kappa shape index (κ1) is 14.8. The minimum atomic E-state index is -0.833. The second-order valence-electron chi connectivity index (χ2n) is 4.97. The Morgan fingerprint density at radius 3 is 2.60 bits per heavy atom. The van der Waals surface area contributed by atoms with E-state index in [1.807, 2.05) is 0 Å². The maximum absolute atomic E-state index is 12.0. The van der Waals surface area contributed by atoms with Crippen molar-refractivity contribution in [2.75, 3.05) is 13.7 Å². The van der Waals surface area contributed by atoms with Crippen LogP contribution in [0.3, 0.4) is 0 Å². The predicted molar refractivity (Wildman–Crippen MR) is 76.9 cm³/mol. The molecular weight excluding hydrogens is 326 g/mol. The van der Waals surface area contributed by atoms with Crippen molar-refractivity contribution in [1.82, 2.24) is 5.32 Å². The van der Waals surface area contributed by atoms with E-state index in [0.29, 0.717) is 28.6 Å². The summed E-state index contributed by atoms with van der Waals surface area (Å²) in [5, 5.41) is 11.9. The van der Waals surface area contributed by atoms with E-state index in [2.05, 4.69) is 21.2 Å². The number of methoxy groups -OCH3 is 1. The van der Waals surface area contributed by atoms with Gasteiger partial charge in [0.2, 0.25) is 0 Å². The van der Waals surface area contributed by atoms with E-state index in [-0.39, 0.29) is 12.5 Å². The van der Waals surface area contributed by atoms with Crippen LogP contribution in [-0.4, -0.2) is 30.6 Å². The summed E-state index contributed by atoms with van der Waals surface area (Å²) in [6, 6.07) is 4.99. The van der Waals surface area contributed by atoms with Gasteiger partial charge < -0.3 is 15.2 Å². The molecule has 108 valence electrons. The van der Waals surface area contributed by atoms with Crippen LogP contribution in [0.1, 0.15) is 29.6 Å². The Kier molecular flexibility index (Phi) is 4.32. The number of benzene rings is 1. The molecule has 0 saturated heterocycles. The standard InChI is InChI=1S/C14H16BrNO4/c1-20-11-4-3-9(7-10(11)15)12(17)16-8-14(13(18)19)5-2-6-14/h3-4,7H,2,5-6,8H2,1H3,(H,16,17)(H,18,19). The number of hydrogen-bond donors (Lipinski definition) is 2. The molecule has 5 nitrogen and oxygen atoms in total. The van der Waals surface area contributed by atoms with Gasteiger partial charge in [0.1, 0.15) is 5.75 Å². The van der Waals surface area contributed by atoms with Crippen LogP contribution in [0.2, 0.25) is 0 Å². The average Bonchev–Trinajstić information content (AvgIpc) is 2.36. The summed E-state index contributed by atoms with van der Waals surface area (Å²) in [5.74, 6) is -0.469. The number of carboxylic acid groups (broad SMARTS) is 1. The molecule has 0 atom stereocenters. The highest BCUT2D eigenvalue weighted by atomic mass is 79.9. The van der Waals surface area contributed by atoms with E-state index in [1.165, 1.54) is 0 Å². The van der Waals surface area contributed by atoms with Gasteiger partial charge in [-0.2, -0.15) is 0 Å². The smallest absolute Gasteiger partial charge is 0.311 e. The Morgan fingerprint density at radius 2 is 2.15 bits per heavy atom. The van der Waals surface area contributed by atoms with E-state index in [9.17, 15) is 14.7 Å².